The van der Waals surface area contributed by atoms with Crippen LogP contribution in [0.2, 0.25) is 0 Å². The van der Waals surface area contributed by atoms with E-state index in [1.807, 2.05) is 4.90 Å². The van der Waals surface area contributed by atoms with E-state index in [2.05, 4.69) is 25.3 Å². The minimum atomic E-state index is -0.466. The van der Waals surface area contributed by atoms with Crippen LogP contribution >= 0.6 is 0 Å². The molecule has 1 atom stereocenters. The first-order valence-corrected chi connectivity index (χ1v) is 9.00. The molecule has 1 N–H and O–H groups in total. The van der Waals surface area contributed by atoms with Gasteiger partial charge in [-0.15, -0.1) is 5.10 Å². The summed E-state index contributed by atoms with van der Waals surface area (Å²) in [6.45, 7) is 0.536. The van der Waals surface area contributed by atoms with Gasteiger partial charge in [0.2, 0.25) is 0 Å². The maximum absolute atomic E-state index is 14.2. The van der Waals surface area contributed by atoms with Gasteiger partial charge in [-0.1, -0.05) is 5.10 Å². The Balaban J connectivity index is 1.61. The van der Waals surface area contributed by atoms with E-state index in [0.717, 1.165) is 11.4 Å². The summed E-state index contributed by atoms with van der Waals surface area (Å²) in [5.41, 5.74) is 2.66. The molecular formula is C18H17FN8O2. The zero-order chi connectivity index (χ0) is 20.1. The van der Waals surface area contributed by atoms with Crippen LogP contribution in [0.5, 0.6) is 0 Å². The Labute approximate surface area is 164 Å². The van der Waals surface area contributed by atoms with Crippen LogP contribution in [0.4, 0.5) is 10.4 Å². The normalized spacial score (nSPS) is 16.2. The molecule has 10 nitrogen and oxygen atoms in total. The number of anilines is 1. The maximum atomic E-state index is 14.2. The zero-order valence-electron chi connectivity index (χ0n) is 15.7. The second-order valence-electron chi connectivity index (χ2n) is 6.96. The lowest BCUT2D eigenvalue weighted by Gasteiger charge is -2.32. The number of halogens is 1. The number of aromatic nitrogens is 6. The second-order valence-corrected chi connectivity index (χ2v) is 6.96. The van der Waals surface area contributed by atoms with Gasteiger partial charge in [0.15, 0.2) is 0 Å². The number of carbonyl (C=O) groups excluding carboxylic acids is 1. The molecule has 0 saturated heterocycles. The predicted molar refractivity (Wildman–Crippen MR) is 98.9 cm³/mol. The highest BCUT2D eigenvalue weighted by molar-refractivity contribution is 5.89. The smallest absolute Gasteiger partial charge is 0.319 e. The number of nitrogens with one attached hydrogen (secondary N) is 1. The molecular weight excluding hydrogens is 379 g/mol. The summed E-state index contributed by atoms with van der Waals surface area (Å²) in [5, 5.41) is 12.5. The lowest BCUT2D eigenvalue weighted by atomic mass is 10.0. The summed E-state index contributed by atoms with van der Waals surface area (Å²) < 4.78 is 21.3. The molecule has 0 bridgehead atoms. The summed E-state index contributed by atoms with van der Waals surface area (Å²) in [6, 6.07) is 4.38. The number of fused-ring (bicyclic) bond motifs is 2. The molecule has 0 radical (unpaired) electrons. The SMILES string of the molecule is CN(C)C(=O)c1nnc(N2CCc3[nH]cnc3C2c2cc3c(F)cccn3n2)o1. The Morgan fingerprint density at radius 1 is 1.38 bits per heavy atom. The third-order valence-corrected chi connectivity index (χ3v) is 4.92. The Hall–Kier alpha value is -3.76. The summed E-state index contributed by atoms with van der Waals surface area (Å²) in [6.07, 6.45) is 3.97. The number of aromatic amines is 1. The average Bonchev–Trinajstić information content (AvgIpc) is 3.45. The number of H-pyrrole nitrogens is 1. The van der Waals surface area contributed by atoms with E-state index in [0.29, 0.717) is 24.2 Å². The van der Waals surface area contributed by atoms with Crippen molar-refractivity contribution in [2.24, 2.45) is 0 Å². The molecule has 1 amide bonds. The fraction of sp³-hybridized carbons (Fsp3) is 0.278. The van der Waals surface area contributed by atoms with Crippen molar-refractivity contribution in [1.82, 2.24) is 34.7 Å². The van der Waals surface area contributed by atoms with Crippen molar-refractivity contribution in [1.29, 1.82) is 0 Å². The number of carbonyl (C=O) groups is 1. The van der Waals surface area contributed by atoms with Crippen LogP contribution in [-0.4, -0.2) is 61.2 Å². The van der Waals surface area contributed by atoms with Gasteiger partial charge in [-0.3, -0.25) is 4.79 Å². The van der Waals surface area contributed by atoms with Gasteiger partial charge in [-0.05, 0) is 18.2 Å². The predicted octanol–water partition coefficient (Wildman–Crippen LogP) is 1.43. The topological polar surface area (TPSA) is 108 Å². The molecule has 29 heavy (non-hydrogen) atoms. The van der Waals surface area contributed by atoms with Gasteiger partial charge < -0.3 is 19.2 Å². The first-order valence-electron chi connectivity index (χ1n) is 9.00. The molecule has 0 fully saturated rings. The number of nitrogens with zero attached hydrogens (tertiary/aromatic N) is 7. The van der Waals surface area contributed by atoms with E-state index in [4.69, 9.17) is 4.42 Å². The molecule has 1 unspecified atom stereocenters. The molecule has 0 spiro atoms. The van der Waals surface area contributed by atoms with Gasteiger partial charge in [0.05, 0.1) is 17.7 Å². The van der Waals surface area contributed by atoms with Crippen molar-refractivity contribution in [2.45, 2.75) is 12.5 Å². The molecule has 0 aliphatic carbocycles. The highest BCUT2D eigenvalue weighted by Gasteiger charge is 2.36. The van der Waals surface area contributed by atoms with Crippen LogP contribution in [0.1, 0.15) is 33.8 Å². The number of imidazole rings is 1. The molecule has 1 aliphatic rings. The van der Waals surface area contributed by atoms with Crippen LogP contribution in [0, 0.1) is 5.82 Å². The number of hydrogen-bond acceptors (Lipinski definition) is 7. The molecule has 148 valence electrons. The van der Waals surface area contributed by atoms with E-state index >= 15 is 0 Å². The summed E-state index contributed by atoms with van der Waals surface area (Å²) >= 11 is 0. The van der Waals surface area contributed by atoms with E-state index in [1.54, 1.807) is 38.8 Å². The lowest BCUT2D eigenvalue weighted by Crippen LogP contribution is -2.37. The number of rotatable bonds is 3. The largest absolute Gasteiger partial charge is 0.399 e. The van der Waals surface area contributed by atoms with E-state index in [9.17, 15) is 9.18 Å². The number of hydrogen-bond donors (Lipinski definition) is 1. The van der Waals surface area contributed by atoms with Gasteiger partial charge in [0.1, 0.15) is 17.4 Å². The molecule has 0 saturated carbocycles. The van der Waals surface area contributed by atoms with Gasteiger partial charge in [0, 0.05) is 39.0 Å². The first-order chi connectivity index (χ1) is 14.0. The lowest BCUT2D eigenvalue weighted by molar-refractivity contribution is 0.0789. The first kappa shape index (κ1) is 17.3. The van der Waals surface area contributed by atoms with Crippen LogP contribution in [0.15, 0.2) is 35.1 Å². The van der Waals surface area contributed by atoms with Crippen molar-refractivity contribution in [2.75, 3.05) is 25.5 Å². The summed E-state index contributed by atoms with van der Waals surface area (Å²) in [4.78, 5) is 22.9. The number of pyridine rings is 1. The Morgan fingerprint density at radius 3 is 3.03 bits per heavy atom. The molecule has 5 rings (SSSR count). The molecule has 4 aromatic heterocycles. The fourth-order valence-corrected chi connectivity index (χ4v) is 3.52. The van der Waals surface area contributed by atoms with E-state index in [-0.39, 0.29) is 23.6 Å². The quantitative estimate of drug-likeness (QED) is 0.558. The van der Waals surface area contributed by atoms with Crippen molar-refractivity contribution >= 4 is 17.4 Å². The van der Waals surface area contributed by atoms with Crippen LogP contribution < -0.4 is 4.90 Å². The van der Waals surface area contributed by atoms with Gasteiger partial charge in [-0.2, -0.15) is 5.10 Å². The summed E-state index contributed by atoms with van der Waals surface area (Å²) in [7, 11) is 3.22. The Kier molecular flexibility index (Phi) is 3.83. The van der Waals surface area contributed by atoms with E-state index in [1.165, 1.54) is 15.5 Å². The van der Waals surface area contributed by atoms with Crippen molar-refractivity contribution in [3.63, 3.8) is 0 Å². The Bertz CT molecular complexity index is 1210. The third-order valence-electron chi connectivity index (χ3n) is 4.92. The van der Waals surface area contributed by atoms with Gasteiger partial charge in [0.25, 0.3) is 0 Å². The summed E-state index contributed by atoms with van der Waals surface area (Å²) in [5.74, 6) is -0.849. The van der Waals surface area contributed by atoms with Crippen molar-refractivity contribution < 1.29 is 13.6 Å². The molecule has 4 aromatic rings. The van der Waals surface area contributed by atoms with Gasteiger partial charge >= 0.3 is 17.8 Å². The molecule has 1 aliphatic heterocycles. The van der Waals surface area contributed by atoms with Crippen molar-refractivity contribution in [3.8, 4) is 0 Å². The maximum Gasteiger partial charge on any atom is 0.319 e. The third kappa shape index (κ3) is 2.73. The highest BCUT2D eigenvalue weighted by atomic mass is 19.1. The van der Waals surface area contributed by atoms with E-state index < -0.39 is 6.04 Å². The molecule has 11 heteroatoms. The fourth-order valence-electron chi connectivity index (χ4n) is 3.52. The second kappa shape index (κ2) is 6.40. The van der Waals surface area contributed by atoms with Crippen molar-refractivity contribution in [3.05, 3.63) is 59.5 Å². The van der Waals surface area contributed by atoms with Crippen LogP contribution in [0.25, 0.3) is 5.52 Å². The minimum Gasteiger partial charge on any atom is -0.399 e. The average molecular weight is 396 g/mol. The monoisotopic (exact) mass is 396 g/mol. The highest BCUT2D eigenvalue weighted by Crippen LogP contribution is 2.36. The zero-order valence-corrected chi connectivity index (χ0v) is 15.7. The van der Waals surface area contributed by atoms with Gasteiger partial charge in [-0.25, -0.2) is 13.9 Å². The minimum absolute atomic E-state index is 0.0994. The number of amides is 1. The molecule has 5 heterocycles. The Morgan fingerprint density at radius 2 is 2.24 bits per heavy atom. The standard InChI is InChI=1S/C18H17FN8O2/c1-25(2)17(28)16-22-23-18(29-16)26-7-5-11-14(21-9-20-11)15(26)12-8-13-10(19)4-3-6-27(13)24-12/h3-4,6,8-9,15H,5,7H2,1-2H3,(H,20,21). The molecule has 0 aromatic carbocycles. The van der Waals surface area contributed by atoms with Crippen LogP contribution in [-0.2, 0) is 6.42 Å². The van der Waals surface area contributed by atoms with Crippen LogP contribution in [0.3, 0.4) is 0 Å².